The van der Waals surface area contributed by atoms with Gasteiger partial charge in [0, 0.05) is 33.8 Å². The van der Waals surface area contributed by atoms with Gasteiger partial charge in [-0.05, 0) is 58.6 Å². The minimum absolute atomic E-state index is 0.222. The Labute approximate surface area is 184 Å². The van der Waals surface area contributed by atoms with Crippen molar-refractivity contribution in [3.63, 3.8) is 0 Å². The molecule has 1 spiro atoms. The van der Waals surface area contributed by atoms with Crippen molar-refractivity contribution in [2.75, 3.05) is 0 Å². The zero-order valence-corrected chi connectivity index (χ0v) is 19.5. The van der Waals surface area contributed by atoms with Crippen LogP contribution in [0.2, 0.25) is 0 Å². The molecule has 1 saturated carbocycles. The SMILES string of the molecule is Brc1ccc(C2=NN3C(C2)c2cc(Br)cc(Br)c2OC32CCCCC2)cc1. The van der Waals surface area contributed by atoms with Crippen molar-refractivity contribution in [3.8, 4) is 5.75 Å². The summed E-state index contributed by atoms with van der Waals surface area (Å²) >= 11 is 10.9. The largest absolute Gasteiger partial charge is 0.465 e. The maximum Gasteiger partial charge on any atom is 0.198 e. The quantitative estimate of drug-likeness (QED) is 0.373. The van der Waals surface area contributed by atoms with Crippen molar-refractivity contribution in [1.29, 1.82) is 0 Å². The van der Waals surface area contributed by atoms with Gasteiger partial charge < -0.3 is 4.74 Å². The number of fused-ring (bicyclic) bond motifs is 4. The molecule has 27 heavy (non-hydrogen) atoms. The molecule has 5 rings (SSSR count). The molecule has 3 nitrogen and oxygen atoms in total. The average Bonchev–Trinajstić information content (AvgIpc) is 3.11. The van der Waals surface area contributed by atoms with Crippen LogP contribution in [0.3, 0.4) is 0 Å². The number of hydrogen-bond acceptors (Lipinski definition) is 3. The van der Waals surface area contributed by atoms with Gasteiger partial charge in [-0.3, -0.25) is 0 Å². The molecular weight excluding hydrogens is 536 g/mol. The zero-order chi connectivity index (χ0) is 18.6. The second-order valence-electron chi connectivity index (χ2n) is 7.53. The van der Waals surface area contributed by atoms with Crippen molar-refractivity contribution < 1.29 is 4.74 Å². The van der Waals surface area contributed by atoms with Crippen LogP contribution >= 0.6 is 47.8 Å². The first-order valence-electron chi connectivity index (χ1n) is 9.36. The molecule has 2 aliphatic heterocycles. The summed E-state index contributed by atoms with van der Waals surface area (Å²) in [4.78, 5) is 0. The molecule has 0 N–H and O–H groups in total. The van der Waals surface area contributed by atoms with Crippen LogP contribution in [0.4, 0.5) is 0 Å². The van der Waals surface area contributed by atoms with E-state index in [1.54, 1.807) is 0 Å². The second-order valence-corrected chi connectivity index (χ2v) is 10.2. The van der Waals surface area contributed by atoms with E-state index in [-0.39, 0.29) is 11.8 Å². The molecule has 2 aromatic rings. The summed E-state index contributed by atoms with van der Waals surface area (Å²) in [6.45, 7) is 0. The molecule has 2 aromatic carbocycles. The van der Waals surface area contributed by atoms with Gasteiger partial charge in [0.05, 0.1) is 16.2 Å². The smallest absolute Gasteiger partial charge is 0.198 e. The van der Waals surface area contributed by atoms with E-state index < -0.39 is 0 Å². The maximum absolute atomic E-state index is 6.71. The summed E-state index contributed by atoms with van der Waals surface area (Å²) in [5, 5.41) is 7.41. The third kappa shape index (κ3) is 3.08. The Morgan fingerprint density at radius 3 is 2.44 bits per heavy atom. The van der Waals surface area contributed by atoms with E-state index in [4.69, 9.17) is 9.84 Å². The Bertz CT molecular complexity index is 920. The minimum atomic E-state index is -0.316. The lowest BCUT2D eigenvalue weighted by atomic mass is 9.86. The van der Waals surface area contributed by atoms with Crippen LogP contribution in [0, 0.1) is 0 Å². The Balaban J connectivity index is 1.62. The second kappa shape index (κ2) is 6.89. The molecule has 2 heterocycles. The minimum Gasteiger partial charge on any atom is -0.465 e. The van der Waals surface area contributed by atoms with Gasteiger partial charge in [-0.1, -0.05) is 50.4 Å². The van der Waals surface area contributed by atoms with E-state index >= 15 is 0 Å². The first-order valence-corrected chi connectivity index (χ1v) is 11.7. The molecule has 3 aliphatic rings. The Kier molecular flexibility index (Phi) is 4.64. The van der Waals surface area contributed by atoms with Gasteiger partial charge in [-0.2, -0.15) is 5.10 Å². The molecule has 1 atom stereocenters. The van der Waals surface area contributed by atoms with Crippen LogP contribution in [0.5, 0.6) is 5.75 Å². The van der Waals surface area contributed by atoms with Gasteiger partial charge in [0.15, 0.2) is 5.72 Å². The average molecular weight is 555 g/mol. The topological polar surface area (TPSA) is 24.8 Å². The summed E-state index contributed by atoms with van der Waals surface area (Å²) in [7, 11) is 0. The van der Waals surface area contributed by atoms with E-state index in [1.807, 2.05) is 0 Å². The predicted molar refractivity (Wildman–Crippen MR) is 118 cm³/mol. The number of hydrazone groups is 1. The monoisotopic (exact) mass is 552 g/mol. The summed E-state index contributed by atoms with van der Waals surface area (Å²) in [6.07, 6.45) is 6.63. The predicted octanol–water partition coefficient (Wildman–Crippen LogP) is 7.18. The highest BCUT2D eigenvalue weighted by Gasteiger charge is 2.51. The van der Waals surface area contributed by atoms with Crippen LogP contribution in [0.25, 0.3) is 0 Å². The molecule has 1 fully saturated rings. The molecule has 1 aliphatic carbocycles. The van der Waals surface area contributed by atoms with Gasteiger partial charge in [-0.15, -0.1) is 0 Å². The fourth-order valence-corrected chi connectivity index (χ4v) is 6.16. The fraction of sp³-hybridized carbons (Fsp3) is 0.381. The molecule has 0 bridgehead atoms. The number of hydrogen-bond donors (Lipinski definition) is 0. The molecule has 140 valence electrons. The normalized spacial score (nSPS) is 22.9. The van der Waals surface area contributed by atoms with E-state index in [1.165, 1.54) is 30.4 Å². The number of nitrogens with zero attached hydrogens (tertiary/aromatic N) is 2. The maximum atomic E-state index is 6.71. The Morgan fingerprint density at radius 1 is 0.963 bits per heavy atom. The summed E-state index contributed by atoms with van der Waals surface area (Å²) in [6, 6.07) is 13.0. The first-order chi connectivity index (χ1) is 13.1. The Morgan fingerprint density at radius 2 is 1.70 bits per heavy atom. The van der Waals surface area contributed by atoms with Crippen LogP contribution in [0.15, 0.2) is 54.9 Å². The third-order valence-corrected chi connectivity index (χ3v) is 7.40. The van der Waals surface area contributed by atoms with Crippen LogP contribution in [-0.2, 0) is 0 Å². The summed E-state index contributed by atoms with van der Waals surface area (Å²) in [5.74, 6) is 0.994. The number of rotatable bonds is 1. The van der Waals surface area contributed by atoms with Crippen LogP contribution in [-0.4, -0.2) is 16.4 Å². The van der Waals surface area contributed by atoms with E-state index in [0.717, 1.165) is 44.1 Å². The van der Waals surface area contributed by atoms with Gasteiger partial charge in [0.2, 0.25) is 0 Å². The lowest BCUT2D eigenvalue weighted by molar-refractivity contribution is -0.140. The highest BCUT2D eigenvalue weighted by Crippen LogP contribution is 2.53. The van der Waals surface area contributed by atoms with Gasteiger partial charge >= 0.3 is 0 Å². The number of ether oxygens (including phenoxy) is 1. The lowest BCUT2D eigenvalue weighted by Gasteiger charge is -2.49. The molecule has 6 heteroatoms. The van der Waals surface area contributed by atoms with Gasteiger partial charge in [0.25, 0.3) is 0 Å². The summed E-state index contributed by atoms with van der Waals surface area (Å²) < 4.78 is 9.88. The van der Waals surface area contributed by atoms with Crippen molar-refractivity contribution >= 4 is 53.5 Å². The number of halogens is 3. The molecule has 0 aromatic heterocycles. The van der Waals surface area contributed by atoms with Gasteiger partial charge in [0.1, 0.15) is 5.75 Å². The third-order valence-electron chi connectivity index (χ3n) is 5.83. The van der Waals surface area contributed by atoms with E-state index in [0.29, 0.717) is 0 Å². The Hall–Kier alpha value is -0.850. The van der Waals surface area contributed by atoms with E-state index in [2.05, 4.69) is 89.2 Å². The molecular formula is C21H19Br3N2O. The van der Waals surface area contributed by atoms with Crippen molar-refractivity contribution in [3.05, 3.63) is 60.9 Å². The standard InChI is InChI=1S/C21H19Br3N2O/c22-14-6-4-13(5-7-14)18-12-19-16-10-15(23)11-17(24)20(16)27-21(26(19)25-18)8-2-1-3-9-21/h4-7,10-11,19H,1-3,8-9,12H2. The highest BCUT2D eigenvalue weighted by atomic mass is 79.9. The van der Waals surface area contributed by atoms with Crippen LogP contribution < -0.4 is 4.74 Å². The van der Waals surface area contributed by atoms with Crippen molar-refractivity contribution in [1.82, 2.24) is 5.01 Å². The zero-order valence-electron chi connectivity index (χ0n) is 14.7. The van der Waals surface area contributed by atoms with E-state index in [9.17, 15) is 0 Å². The van der Waals surface area contributed by atoms with Crippen LogP contribution in [0.1, 0.15) is 55.7 Å². The summed E-state index contributed by atoms with van der Waals surface area (Å²) in [5.41, 5.74) is 3.23. The molecule has 0 saturated heterocycles. The number of benzene rings is 2. The fourth-order valence-electron chi connectivity index (χ4n) is 4.55. The molecule has 0 radical (unpaired) electrons. The molecule has 1 unspecified atom stereocenters. The lowest BCUT2D eigenvalue weighted by Crippen LogP contribution is -2.54. The van der Waals surface area contributed by atoms with Crippen molar-refractivity contribution in [2.45, 2.75) is 50.3 Å². The van der Waals surface area contributed by atoms with Crippen molar-refractivity contribution in [2.24, 2.45) is 5.10 Å². The first kappa shape index (κ1) is 18.2. The highest BCUT2D eigenvalue weighted by molar-refractivity contribution is 9.11. The molecule has 0 amide bonds. The van der Waals surface area contributed by atoms with Gasteiger partial charge in [-0.25, -0.2) is 5.01 Å².